The van der Waals surface area contributed by atoms with Crippen LogP contribution in [0.4, 0.5) is 0 Å². The van der Waals surface area contributed by atoms with Crippen molar-refractivity contribution in [2.75, 3.05) is 51.3 Å². The number of imide groups is 2. The van der Waals surface area contributed by atoms with Crippen molar-refractivity contribution >= 4 is 63.1 Å². The molecule has 62 heavy (non-hydrogen) atoms. The Morgan fingerprint density at radius 2 is 1.63 bits per heavy atom. The summed E-state index contributed by atoms with van der Waals surface area (Å²) in [6.45, 7) is 2.25. The van der Waals surface area contributed by atoms with Crippen molar-refractivity contribution in [3.63, 3.8) is 0 Å². The number of piperidine rings is 2. The highest BCUT2D eigenvalue weighted by atomic mass is 32.2. The molecule has 9 fully saturated rings. The van der Waals surface area contributed by atoms with E-state index in [9.17, 15) is 42.0 Å². The molecule has 0 aromatic carbocycles. The predicted molar refractivity (Wildman–Crippen MR) is 225 cm³/mol. The first-order chi connectivity index (χ1) is 29.7. The van der Waals surface area contributed by atoms with Crippen LogP contribution in [0.2, 0.25) is 0 Å². The largest absolute Gasteiger partial charge is 0.371 e. The molecule has 0 radical (unpaired) electrons. The monoisotopic (exact) mass is 902 g/mol. The van der Waals surface area contributed by atoms with E-state index in [0.29, 0.717) is 63.1 Å². The van der Waals surface area contributed by atoms with E-state index in [1.807, 2.05) is 4.90 Å². The van der Waals surface area contributed by atoms with Crippen LogP contribution in [0.15, 0.2) is 0 Å². The fraction of sp³-hybridized carbons (Fsp3) is 0.833. The van der Waals surface area contributed by atoms with E-state index in [1.165, 1.54) is 10.7 Å². The maximum absolute atomic E-state index is 14.1. The summed E-state index contributed by atoms with van der Waals surface area (Å²) < 4.78 is 31.4. The number of carbonyl (C=O) groups excluding carboxylic acids is 7. The molecule has 5 N–H and O–H groups in total. The van der Waals surface area contributed by atoms with E-state index in [2.05, 4.69) is 26.6 Å². The molecule has 18 nitrogen and oxygen atoms in total. The Bertz CT molecular complexity index is 1950. The van der Waals surface area contributed by atoms with Gasteiger partial charge in [-0.3, -0.25) is 49.1 Å². The molecule has 6 heterocycles. The minimum Gasteiger partial charge on any atom is -0.371 e. The van der Waals surface area contributed by atoms with Gasteiger partial charge < -0.3 is 25.6 Å². The summed E-state index contributed by atoms with van der Waals surface area (Å²) in [5, 5.41) is 15.3. The number of rotatable bonds is 12. The molecule has 6 saturated heterocycles. The van der Waals surface area contributed by atoms with Crippen LogP contribution >= 0.6 is 11.8 Å². The molecule has 9 rings (SSSR count). The van der Waals surface area contributed by atoms with Crippen molar-refractivity contribution in [3.05, 3.63) is 0 Å². The lowest BCUT2D eigenvalue weighted by atomic mass is 9.68. The molecule has 0 aromatic heterocycles. The summed E-state index contributed by atoms with van der Waals surface area (Å²) in [7, 11) is -3.35. The zero-order valence-corrected chi connectivity index (χ0v) is 37.2. The van der Waals surface area contributed by atoms with E-state index < -0.39 is 39.7 Å². The molecule has 0 aromatic rings. The standard InChI is InChI=1S/C42H62N8O10S2/c1-62(58,59)49-14-10-26(19-49)36(53)44-18-35(52)47-41-45-31(22-61-41)25-4-2-3-23(15-25)24-9-13-43-33(16-24)42(11-12-42)40(57)48-20-28(21-48)60-27-5-6-29-30(17-27)39(56)50(38(29)55)32-7-8-34(51)46-37(32)54/h23-33,41,43,45H,2-22H2,1H3,(H,44,53)(H,47,52)(H,46,51,54). The van der Waals surface area contributed by atoms with Crippen molar-refractivity contribution in [2.45, 2.75) is 126 Å². The van der Waals surface area contributed by atoms with Crippen LogP contribution in [-0.2, 0) is 48.3 Å². The number of sulfonamides is 1. The van der Waals surface area contributed by atoms with Crippen LogP contribution in [0.3, 0.4) is 0 Å². The average molecular weight is 903 g/mol. The van der Waals surface area contributed by atoms with Crippen molar-refractivity contribution in [1.29, 1.82) is 0 Å². The molecule has 3 saturated carbocycles. The topological polar surface area (TPSA) is 233 Å². The zero-order chi connectivity index (χ0) is 43.5. The Balaban J connectivity index is 0.701. The average Bonchev–Trinajstić information content (AvgIpc) is 3.52. The van der Waals surface area contributed by atoms with Gasteiger partial charge >= 0.3 is 0 Å². The molecule has 9 aliphatic rings. The molecular formula is C42H62N8O10S2. The second-order valence-electron chi connectivity index (χ2n) is 19.6. The van der Waals surface area contributed by atoms with Gasteiger partial charge in [-0.15, -0.1) is 11.8 Å². The number of thioether (sulfide) groups is 1. The number of hydrogen-bond donors (Lipinski definition) is 5. The Morgan fingerprint density at radius 3 is 2.37 bits per heavy atom. The second kappa shape index (κ2) is 17.7. The van der Waals surface area contributed by atoms with Gasteiger partial charge in [-0.05, 0) is 94.9 Å². The van der Waals surface area contributed by atoms with Crippen LogP contribution in [0.1, 0.15) is 89.9 Å². The van der Waals surface area contributed by atoms with Crippen LogP contribution in [-0.4, -0.2) is 151 Å². The number of fused-ring (bicyclic) bond motifs is 1. The molecule has 0 spiro atoms. The molecule has 11 unspecified atom stereocenters. The number of hydrogen-bond acceptors (Lipinski definition) is 13. The van der Waals surface area contributed by atoms with Gasteiger partial charge in [-0.25, -0.2) is 12.7 Å². The highest BCUT2D eigenvalue weighted by Gasteiger charge is 2.60. The number of nitrogens with zero attached hydrogens (tertiary/aromatic N) is 3. The highest BCUT2D eigenvalue weighted by molar-refractivity contribution is 8.00. The Morgan fingerprint density at radius 1 is 0.871 bits per heavy atom. The molecule has 342 valence electrons. The normalized spacial score (nSPS) is 37.7. The minimum atomic E-state index is -3.35. The first-order valence-electron chi connectivity index (χ1n) is 23.0. The summed E-state index contributed by atoms with van der Waals surface area (Å²) in [6, 6.07) is -0.506. The lowest BCUT2D eigenvalue weighted by Gasteiger charge is -2.46. The van der Waals surface area contributed by atoms with Crippen LogP contribution in [0.5, 0.6) is 0 Å². The fourth-order valence-electron chi connectivity index (χ4n) is 12.1. The lowest BCUT2D eigenvalue weighted by molar-refractivity contribution is -0.160. The molecule has 6 aliphatic heterocycles. The highest BCUT2D eigenvalue weighted by Crippen LogP contribution is 2.54. The Kier molecular flexibility index (Phi) is 12.5. The van der Waals surface area contributed by atoms with Gasteiger partial charge in [-0.1, -0.05) is 12.8 Å². The quantitative estimate of drug-likeness (QED) is 0.158. The van der Waals surface area contributed by atoms with Gasteiger partial charge in [0.1, 0.15) is 11.5 Å². The summed E-state index contributed by atoms with van der Waals surface area (Å²) in [5.74, 6) is -0.921. The molecule has 11 atom stereocenters. The summed E-state index contributed by atoms with van der Waals surface area (Å²) in [5.41, 5.74) is -0.601. The molecule has 7 amide bonds. The van der Waals surface area contributed by atoms with Gasteiger partial charge in [0, 0.05) is 50.4 Å². The summed E-state index contributed by atoms with van der Waals surface area (Å²) >= 11 is 1.68. The van der Waals surface area contributed by atoms with Gasteiger partial charge in [0.05, 0.1) is 48.2 Å². The van der Waals surface area contributed by atoms with Gasteiger partial charge in [0.25, 0.3) is 0 Å². The minimum absolute atomic E-state index is 0.0994. The van der Waals surface area contributed by atoms with E-state index in [1.54, 1.807) is 11.8 Å². The number of carbonyl (C=O) groups is 7. The number of likely N-dealkylation sites (tertiary alicyclic amines) is 2. The lowest BCUT2D eigenvalue weighted by Crippen LogP contribution is -2.61. The number of amides is 7. The summed E-state index contributed by atoms with van der Waals surface area (Å²) in [4.78, 5) is 93.3. The van der Waals surface area contributed by atoms with E-state index in [4.69, 9.17) is 4.74 Å². The Hall–Kier alpha value is -3.17. The van der Waals surface area contributed by atoms with E-state index in [-0.39, 0.29) is 96.6 Å². The van der Waals surface area contributed by atoms with E-state index >= 15 is 0 Å². The predicted octanol–water partition coefficient (Wildman–Crippen LogP) is -0.370. The third-order valence-corrected chi connectivity index (χ3v) is 18.2. The van der Waals surface area contributed by atoms with Crippen molar-refractivity contribution < 1.29 is 46.7 Å². The molecule has 0 bridgehead atoms. The molecular weight excluding hydrogens is 841 g/mol. The summed E-state index contributed by atoms with van der Waals surface area (Å²) in [6.07, 6.45) is 11.6. The van der Waals surface area contributed by atoms with Gasteiger partial charge in [-0.2, -0.15) is 0 Å². The first-order valence-corrected chi connectivity index (χ1v) is 25.8. The second-order valence-corrected chi connectivity index (χ2v) is 22.8. The zero-order valence-electron chi connectivity index (χ0n) is 35.5. The maximum Gasteiger partial charge on any atom is 0.249 e. The SMILES string of the molecule is CS(=O)(=O)N1CCC(C(=O)NCC(=O)NC2NC(C3CCCC(C4CCNC(C5(C(=O)N6CC(OC7CCC8C(=O)N(C9CCC(=O)NC9=O)C(=O)C8C7)C6)CC5)C4)C3)CS2)C1. The van der Waals surface area contributed by atoms with Crippen LogP contribution < -0.4 is 26.6 Å². The smallest absolute Gasteiger partial charge is 0.249 e. The first kappa shape index (κ1) is 44.1. The number of nitrogens with one attached hydrogen (secondary N) is 5. The van der Waals surface area contributed by atoms with E-state index in [0.717, 1.165) is 68.4 Å². The van der Waals surface area contributed by atoms with Crippen LogP contribution in [0, 0.1) is 40.9 Å². The molecule has 20 heteroatoms. The van der Waals surface area contributed by atoms with Crippen molar-refractivity contribution in [1.82, 2.24) is 40.7 Å². The van der Waals surface area contributed by atoms with Gasteiger partial charge in [0.15, 0.2) is 0 Å². The van der Waals surface area contributed by atoms with Crippen LogP contribution in [0.25, 0.3) is 0 Å². The van der Waals surface area contributed by atoms with Crippen molar-refractivity contribution in [2.24, 2.45) is 40.9 Å². The third kappa shape index (κ3) is 8.93. The maximum atomic E-state index is 14.1. The fourth-order valence-corrected chi connectivity index (χ4v) is 14.2. The molecule has 3 aliphatic carbocycles. The Labute approximate surface area is 367 Å². The van der Waals surface area contributed by atoms with Crippen molar-refractivity contribution in [3.8, 4) is 0 Å². The van der Waals surface area contributed by atoms with Gasteiger partial charge in [0.2, 0.25) is 51.4 Å². The number of ether oxygens (including phenoxy) is 1. The third-order valence-electron chi connectivity index (χ3n) is 15.8.